The molecule has 0 unspecified atom stereocenters. The summed E-state index contributed by atoms with van der Waals surface area (Å²) in [7, 11) is 3.21. The maximum Gasteiger partial charge on any atom is 0.264 e. The fourth-order valence-corrected chi connectivity index (χ4v) is 2.71. The molecule has 0 amide bonds. The normalized spacial score (nSPS) is 10.5. The van der Waals surface area contributed by atoms with Gasteiger partial charge in [0.1, 0.15) is 17.1 Å². The van der Waals surface area contributed by atoms with Crippen LogP contribution in [0.5, 0.6) is 11.5 Å². The van der Waals surface area contributed by atoms with Crippen molar-refractivity contribution < 1.29 is 9.84 Å². The van der Waals surface area contributed by atoms with Gasteiger partial charge in [-0.1, -0.05) is 30.3 Å². The number of hydrogen-bond donors (Lipinski definition) is 2. The summed E-state index contributed by atoms with van der Waals surface area (Å²) in [6, 6.07) is 17.6. The summed E-state index contributed by atoms with van der Waals surface area (Å²) in [6.07, 6.45) is 0. The molecule has 1 heterocycles. The fraction of sp³-hybridized carbons (Fsp3) is 0.100. The molecule has 0 atom stereocenters. The fourth-order valence-electron chi connectivity index (χ4n) is 2.71. The van der Waals surface area contributed by atoms with Crippen molar-refractivity contribution in [3.63, 3.8) is 0 Å². The number of benzene rings is 2. The Kier molecular flexibility index (Phi) is 4.39. The zero-order valence-corrected chi connectivity index (χ0v) is 14.0. The van der Waals surface area contributed by atoms with E-state index in [1.807, 2.05) is 18.2 Å². The van der Waals surface area contributed by atoms with E-state index in [9.17, 15) is 9.90 Å². The van der Waals surface area contributed by atoms with Crippen LogP contribution in [0.3, 0.4) is 0 Å². The van der Waals surface area contributed by atoms with E-state index in [2.05, 4.69) is 0 Å². The molecule has 0 aliphatic heterocycles. The van der Waals surface area contributed by atoms with Gasteiger partial charge >= 0.3 is 0 Å². The Balaban J connectivity index is 2.11. The quantitative estimate of drug-likeness (QED) is 0.720. The van der Waals surface area contributed by atoms with Crippen LogP contribution in [-0.2, 0) is 7.05 Å². The average molecular weight is 334 g/mol. The van der Waals surface area contributed by atoms with Gasteiger partial charge in [0, 0.05) is 18.7 Å². The summed E-state index contributed by atoms with van der Waals surface area (Å²) in [5, 5.41) is 18.7. The number of methoxy groups -OCH3 is 1. The molecule has 0 aliphatic rings. The summed E-state index contributed by atoms with van der Waals surface area (Å²) >= 11 is 0. The first-order chi connectivity index (χ1) is 12.0. The van der Waals surface area contributed by atoms with Crippen LogP contribution in [0.25, 0.3) is 11.3 Å². The first kappa shape index (κ1) is 16.5. The van der Waals surface area contributed by atoms with E-state index in [0.29, 0.717) is 17.0 Å². The number of ether oxygens (including phenoxy) is 1. The van der Waals surface area contributed by atoms with E-state index in [-0.39, 0.29) is 17.0 Å². The predicted molar refractivity (Wildman–Crippen MR) is 97.7 cm³/mol. The minimum Gasteiger partial charge on any atom is -0.507 e. The summed E-state index contributed by atoms with van der Waals surface area (Å²) < 4.78 is 6.58. The van der Waals surface area contributed by atoms with Crippen molar-refractivity contribution in [3.05, 3.63) is 82.1 Å². The van der Waals surface area contributed by atoms with Gasteiger partial charge in [-0.2, -0.15) is 0 Å². The molecule has 1 aromatic heterocycles. The van der Waals surface area contributed by atoms with Crippen molar-refractivity contribution in [3.8, 4) is 22.8 Å². The van der Waals surface area contributed by atoms with Crippen LogP contribution in [0.15, 0.2) is 65.5 Å². The third-order valence-electron chi connectivity index (χ3n) is 4.11. The molecule has 0 fully saturated rings. The van der Waals surface area contributed by atoms with Gasteiger partial charge in [-0.3, -0.25) is 10.2 Å². The highest BCUT2D eigenvalue weighted by Gasteiger charge is 2.18. The smallest absolute Gasteiger partial charge is 0.264 e. The summed E-state index contributed by atoms with van der Waals surface area (Å²) in [5.41, 5.74) is 1.49. The zero-order valence-electron chi connectivity index (χ0n) is 14.0. The van der Waals surface area contributed by atoms with Crippen LogP contribution < -0.4 is 10.3 Å². The molecule has 0 saturated carbocycles. The molecular weight excluding hydrogens is 316 g/mol. The summed E-state index contributed by atoms with van der Waals surface area (Å²) in [4.78, 5) is 12.8. The van der Waals surface area contributed by atoms with E-state index < -0.39 is 5.56 Å². The zero-order chi connectivity index (χ0) is 18.0. The van der Waals surface area contributed by atoms with Crippen LogP contribution in [0.2, 0.25) is 0 Å². The van der Waals surface area contributed by atoms with E-state index in [0.717, 1.165) is 5.56 Å². The van der Waals surface area contributed by atoms with Crippen molar-refractivity contribution in [1.29, 1.82) is 5.41 Å². The molecular formula is C20H18N2O3. The number of aromatic nitrogens is 1. The first-order valence-corrected chi connectivity index (χ1v) is 7.74. The number of rotatable bonds is 4. The monoisotopic (exact) mass is 334 g/mol. The lowest BCUT2D eigenvalue weighted by Gasteiger charge is -2.14. The van der Waals surface area contributed by atoms with Crippen molar-refractivity contribution in [2.24, 2.45) is 7.05 Å². The van der Waals surface area contributed by atoms with Gasteiger partial charge in [-0.25, -0.2) is 0 Å². The minimum absolute atomic E-state index is 0.0000177. The topological polar surface area (TPSA) is 75.3 Å². The van der Waals surface area contributed by atoms with Crippen molar-refractivity contribution in [2.45, 2.75) is 0 Å². The maximum absolute atomic E-state index is 12.8. The molecule has 2 aromatic carbocycles. The molecule has 0 radical (unpaired) electrons. The Morgan fingerprint density at radius 2 is 1.72 bits per heavy atom. The molecule has 25 heavy (non-hydrogen) atoms. The molecule has 5 heteroatoms. The second-order valence-electron chi connectivity index (χ2n) is 5.62. The summed E-state index contributed by atoms with van der Waals surface area (Å²) in [6.45, 7) is 0. The number of nitrogens with one attached hydrogen (secondary N) is 1. The van der Waals surface area contributed by atoms with Crippen LogP contribution >= 0.6 is 0 Å². The lowest BCUT2D eigenvalue weighted by atomic mass is 10.0. The molecule has 3 rings (SSSR count). The molecule has 0 aliphatic carbocycles. The maximum atomic E-state index is 12.8. The SMILES string of the molecule is COc1ccc(-c2cc(O)c(C(=N)c3ccccc3)c(=O)n2C)cc1. The van der Waals surface area contributed by atoms with E-state index in [1.165, 1.54) is 10.6 Å². The lowest BCUT2D eigenvalue weighted by molar-refractivity contribution is 0.415. The van der Waals surface area contributed by atoms with Crippen molar-refractivity contribution in [2.75, 3.05) is 7.11 Å². The third kappa shape index (κ3) is 3.04. The lowest BCUT2D eigenvalue weighted by Crippen LogP contribution is -2.26. The second-order valence-corrected chi connectivity index (χ2v) is 5.62. The number of hydrogen-bond acceptors (Lipinski definition) is 4. The highest BCUT2D eigenvalue weighted by molar-refractivity contribution is 6.12. The Morgan fingerprint density at radius 3 is 2.32 bits per heavy atom. The van der Waals surface area contributed by atoms with Gasteiger partial charge < -0.3 is 14.4 Å². The van der Waals surface area contributed by atoms with Gasteiger partial charge in [0.2, 0.25) is 0 Å². The van der Waals surface area contributed by atoms with Gasteiger partial charge in [0.15, 0.2) is 0 Å². The van der Waals surface area contributed by atoms with Crippen LogP contribution in [0.4, 0.5) is 0 Å². The Morgan fingerprint density at radius 1 is 1.08 bits per heavy atom. The van der Waals surface area contributed by atoms with Gasteiger partial charge in [-0.15, -0.1) is 0 Å². The van der Waals surface area contributed by atoms with Crippen LogP contribution in [0.1, 0.15) is 11.1 Å². The molecule has 3 aromatic rings. The van der Waals surface area contributed by atoms with Gasteiger partial charge in [-0.05, 0) is 29.8 Å². The number of nitrogens with zero attached hydrogens (tertiary/aromatic N) is 1. The van der Waals surface area contributed by atoms with E-state index in [4.69, 9.17) is 10.1 Å². The summed E-state index contributed by atoms with van der Waals surface area (Å²) in [5.74, 6) is 0.503. The molecule has 2 N–H and O–H groups in total. The number of aromatic hydroxyl groups is 1. The Bertz CT molecular complexity index is 974. The third-order valence-corrected chi connectivity index (χ3v) is 4.11. The minimum atomic E-state index is -0.417. The van der Waals surface area contributed by atoms with Crippen LogP contribution in [0, 0.1) is 5.41 Å². The molecule has 0 saturated heterocycles. The van der Waals surface area contributed by atoms with E-state index >= 15 is 0 Å². The Labute approximate surface area is 145 Å². The molecule has 5 nitrogen and oxygen atoms in total. The first-order valence-electron chi connectivity index (χ1n) is 7.74. The molecule has 0 bridgehead atoms. The van der Waals surface area contributed by atoms with Crippen LogP contribution in [-0.4, -0.2) is 22.5 Å². The highest BCUT2D eigenvalue weighted by atomic mass is 16.5. The largest absolute Gasteiger partial charge is 0.507 e. The van der Waals surface area contributed by atoms with Crippen molar-refractivity contribution >= 4 is 5.71 Å². The predicted octanol–water partition coefficient (Wildman–Crippen LogP) is 3.18. The molecule has 126 valence electrons. The number of pyridine rings is 1. The van der Waals surface area contributed by atoms with Gasteiger partial charge in [0.25, 0.3) is 5.56 Å². The van der Waals surface area contributed by atoms with Crippen molar-refractivity contribution in [1.82, 2.24) is 4.57 Å². The highest BCUT2D eigenvalue weighted by Crippen LogP contribution is 2.26. The van der Waals surface area contributed by atoms with Gasteiger partial charge in [0.05, 0.1) is 18.5 Å². The standard InChI is InChI=1S/C20H18N2O3/c1-22-16(13-8-10-15(25-2)11-9-13)12-17(23)18(20(22)24)19(21)14-6-4-3-5-7-14/h3-12,21,23H,1-2H3. The average Bonchev–Trinajstić information content (AvgIpc) is 2.65. The molecule has 0 spiro atoms. The second kappa shape index (κ2) is 6.65. The van der Waals surface area contributed by atoms with E-state index in [1.54, 1.807) is 50.6 Å². The Hall–Kier alpha value is -3.34.